The molecule has 114 valence electrons. The lowest BCUT2D eigenvalue weighted by Gasteiger charge is -2.30. The quantitative estimate of drug-likeness (QED) is 0.903. The molecule has 2 heterocycles. The van der Waals surface area contributed by atoms with E-state index in [1.54, 1.807) is 0 Å². The fourth-order valence-electron chi connectivity index (χ4n) is 3.26. The van der Waals surface area contributed by atoms with E-state index in [1.165, 1.54) is 60.9 Å². The minimum absolute atomic E-state index is 0.103. The van der Waals surface area contributed by atoms with Crippen molar-refractivity contribution in [2.75, 3.05) is 26.7 Å². The van der Waals surface area contributed by atoms with Crippen molar-refractivity contribution in [3.63, 3.8) is 0 Å². The highest BCUT2D eigenvalue weighted by Gasteiger charge is 2.35. The lowest BCUT2D eigenvalue weighted by atomic mass is 9.91. The molecular formula is C16H29N3S. The molecule has 0 bridgehead atoms. The van der Waals surface area contributed by atoms with Gasteiger partial charge in [0.15, 0.2) is 0 Å². The number of aryl methyl sites for hydroxylation is 2. The van der Waals surface area contributed by atoms with Crippen LogP contribution in [0.15, 0.2) is 0 Å². The second-order valence-corrected chi connectivity index (χ2v) is 7.11. The number of nitrogens with zero attached hydrogens (tertiary/aromatic N) is 2. The van der Waals surface area contributed by atoms with Gasteiger partial charge in [-0.3, -0.25) is 0 Å². The van der Waals surface area contributed by atoms with Gasteiger partial charge in [0.25, 0.3) is 0 Å². The normalized spacial score (nSPS) is 24.8. The number of thiazole rings is 1. The van der Waals surface area contributed by atoms with E-state index in [-0.39, 0.29) is 5.54 Å². The zero-order valence-electron chi connectivity index (χ0n) is 13.5. The highest BCUT2D eigenvalue weighted by molar-refractivity contribution is 7.11. The third-order valence-corrected chi connectivity index (χ3v) is 5.81. The summed E-state index contributed by atoms with van der Waals surface area (Å²) in [6, 6.07) is 0. The number of nitrogens with one attached hydrogen (secondary N) is 1. The molecule has 0 amide bonds. The van der Waals surface area contributed by atoms with Crippen molar-refractivity contribution < 1.29 is 0 Å². The summed E-state index contributed by atoms with van der Waals surface area (Å²) in [5, 5.41) is 4.93. The molecule has 2 rings (SSSR count). The fourth-order valence-corrected chi connectivity index (χ4v) is 4.52. The summed E-state index contributed by atoms with van der Waals surface area (Å²) in [4.78, 5) is 8.95. The Labute approximate surface area is 127 Å². The molecule has 0 saturated carbocycles. The van der Waals surface area contributed by atoms with Crippen LogP contribution in [0, 0.1) is 6.92 Å². The van der Waals surface area contributed by atoms with Crippen molar-refractivity contribution >= 4 is 11.3 Å². The van der Waals surface area contributed by atoms with Crippen molar-refractivity contribution in [3.8, 4) is 0 Å². The highest BCUT2D eigenvalue weighted by Crippen LogP contribution is 2.36. The Kier molecular flexibility index (Phi) is 5.58. The monoisotopic (exact) mass is 295 g/mol. The van der Waals surface area contributed by atoms with Gasteiger partial charge in [0.05, 0.1) is 11.2 Å². The predicted octanol–water partition coefficient (Wildman–Crippen LogP) is 3.32. The molecule has 0 aromatic carbocycles. The van der Waals surface area contributed by atoms with E-state index in [4.69, 9.17) is 4.98 Å². The Hall–Kier alpha value is -0.450. The van der Waals surface area contributed by atoms with Crippen LogP contribution in [0.25, 0.3) is 0 Å². The van der Waals surface area contributed by atoms with Crippen LogP contribution in [0.5, 0.6) is 0 Å². The Morgan fingerprint density at radius 3 is 2.70 bits per heavy atom. The maximum absolute atomic E-state index is 4.95. The van der Waals surface area contributed by atoms with Crippen LogP contribution in [0.1, 0.15) is 55.1 Å². The lowest BCUT2D eigenvalue weighted by Crippen LogP contribution is -2.41. The van der Waals surface area contributed by atoms with Crippen LogP contribution < -0.4 is 5.32 Å². The number of rotatable bonds is 5. The topological polar surface area (TPSA) is 28.2 Å². The van der Waals surface area contributed by atoms with Crippen molar-refractivity contribution in [1.29, 1.82) is 0 Å². The van der Waals surface area contributed by atoms with E-state index in [9.17, 15) is 0 Å². The number of hydrogen-bond acceptors (Lipinski definition) is 4. The molecular weight excluding hydrogens is 266 g/mol. The van der Waals surface area contributed by atoms with Gasteiger partial charge in [-0.05, 0) is 59.2 Å². The summed E-state index contributed by atoms with van der Waals surface area (Å²) in [5.41, 5.74) is 1.39. The molecule has 1 unspecified atom stereocenters. The number of hydrogen-bond donors (Lipinski definition) is 1. The third-order valence-electron chi connectivity index (χ3n) is 4.59. The van der Waals surface area contributed by atoms with Gasteiger partial charge in [0.2, 0.25) is 0 Å². The van der Waals surface area contributed by atoms with Crippen molar-refractivity contribution in [2.45, 2.75) is 58.4 Å². The van der Waals surface area contributed by atoms with E-state index < -0.39 is 0 Å². The molecule has 1 saturated heterocycles. The first-order chi connectivity index (χ1) is 9.65. The van der Waals surface area contributed by atoms with E-state index >= 15 is 0 Å². The SMILES string of the molecule is CCCN1CCCC(NC)(c2nc(CC)c(C)s2)CC1. The Balaban J connectivity index is 2.20. The minimum Gasteiger partial charge on any atom is -0.308 e. The first-order valence-electron chi connectivity index (χ1n) is 8.03. The molecule has 1 aliphatic rings. The predicted molar refractivity (Wildman–Crippen MR) is 87.5 cm³/mol. The Morgan fingerprint density at radius 1 is 1.30 bits per heavy atom. The van der Waals surface area contributed by atoms with Crippen molar-refractivity contribution in [2.24, 2.45) is 0 Å². The van der Waals surface area contributed by atoms with Crippen LogP contribution in [0.3, 0.4) is 0 Å². The van der Waals surface area contributed by atoms with E-state index in [0.717, 1.165) is 6.42 Å². The van der Waals surface area contributed by atoms with Gasteiger partial charge in [-0.2, -0.15) is 0 Å². The van der Waals surface area contributed by atoms with Crippen LogP contribution in [0.4, 0.5) is 0 Å². The number of aromatic nitrogens is 1. The Bertz CT molecular complexity index is 429. The summed E-state index contributed by atoms with van der Waals surface area (Å²) in [6.45, 7) is 10.3. The van der Waals surface area contributed by atoms with Gasteiger partial charge in [-0.25, -0.2) is 4.98 Å². The average Bonchev–Trinajstić information content (AvgIpc) is 2.71. The summed E-state index contributed by atoms with van der Waals surface area (Å²) in [6.07, 6.45) is 5.95. The van der Waals surface area contributed by atoms with E-state index in [0.29, 0.717) is 0 Å². The first kappa shape index (κ1) is 15.9. The van der Waals surface area contributed by atoms with Crippen LogP contribution >= 0.6 is 11.3 Å². The van der Waals surface area contributed by atoms with Gasteiger partial charge in [0.1, 0.15) is 5.01 Å². The molecule has 1 fully saturated rings. The van der Waals surface area contributed by atoms with Crippen LogP contribution in [0.2, 0.25) is 0 Å². The highest BCUT2D eigenvalue weighted by atomic mass is 32.1. The molecule has 1 aliphatic heterocycles. The van der Waals surface area contributed by atoms with Crippen LogP contribution in [-0.4, -0.2) is 36.6 Å². The molecule has 3 nitrogen and oxygen atoms in total. The molecule has 0 radical (unpaired) electrons. The van der Waals surface area contributed by atoms with Gasteiger partial charge < -0.3 is 10.2 Å². The first-order valence-corrected chi connectivity index (χ1v) is 8.85. The van der Waals surface area contributed by atoms with Gasteiger partial charge in [0, 0.05) is 11.4 Å². The molecule has 4 heteroatoms. The van der Waals surface area contributed by atoms with E-state index in [2.05, 4.69) is 38.0 Å². The molecule has 20 heavy (non-hydrogen) atoms. The summed E-state index contributed by atoms with van der Waals surface area (Å²) < 4.78 is 0. The number of likely N-dealkylation sites (tertiary alicyclic amines) is 1. The zero-order valence-corrected chi connectivity index (χ0v) is 14.3. The zero-order chi connectivity index (χ0) is 14.6. The van der Waals surface area contributed by atoms with Gasteiger partial charge in [-0.1, -0.05) is 13.8 Å². The van der Waals surface area contributed by atoms with E-state index in [1.807, 2.05) is 11.3 Å². The maximum Gasteiger partial charge on any atom is 0.113 e. The molecule has 1 atom stereocenters. The molecule has 1 aromatic rings. The summed E-state index contributed by atoms with van der Waals surface area (Å²) in [7, 11) is 2.11. The second-order valence-electron chi connectivity index (χ2n) is 5.90. The average molecular weight is 295 g/mol. The molecule has 1 N–H and O–H groups in total. The summed E-state index contributed by atoms with van der Waals surface area (Å²) in [5.74, 6) is 0. The maximum atomic E-state index is 4.95. The van der Waals surface area contributed by atoms with Crippen molar-refractivity contribution in [3.05, 3.63) is 15.6 Å². The minimum atomic E-state index is 0.103. The van der Waals surface area contributed by atoms with Gasteiger partial charge in [-0.15, -0.1) is 11.3 Å². The fraction of sp³-hybridized carbons (Fsp3) is 0.812. The molecule has 0 spiro atoms. The standard InChI is InChI=1S/C16H29N3S/c1-5-10-19-11-7-8-16(17-4,9-12-19)15-18-14(6-2)13(3)20-15/h17H,5-12H2,1-4H3. The largest absolute Gasteiger partial charge is 0.308 e. The third kappa shape index (κ3) is 3.23. The molecule has 0 aliphatic carbocycles. The van der Waals surface area contributed by atoms with Gasteiger partial charge >= 0.3 is 0 Å². The Morgan fingerprint density at radius 2 is 2.10 bits per heavy atom. The van der Waals surface area contributed by atoms with Crippen molar-refractivity contribution in [1.82, 2.24) is 15.2 Å². The van der Waals surface area contributed by atoms with Crippen LogP contribution in [-0.2, 0) is 12.0 Å². The second kappa shape index (κ2) is 7.01. The lowest BCUT2D eigenvalue weighted by molar-refractivity contribution is 0.264. The summed E-state index contributed by atoms with van der Waals surface area (Å²) >= 11 is 1.90. The molecule has 1 aromatic heterocycles. The smallest absolute Gasteiger partial charge is 0.113 e.